The summed E-state index contributed by atoms with van der Waals surface area (Å²) in [5.74, 6) is -3.30. The van der Waals surface area contributed by atoms with E-state index < -0.39 is 216 Å². The largest absolute Gasteiger partial charge is 0.494 e. The van der Waals surface area contributed by atoms with Gasteiger partial charge >= 0.3 is 0 Å². The van der Waals surface area contributed by atoms with Crippen molar-refractivity contribution in [3.05, 3.63) is 42.0 Å². The summed E-state index contributed by atoms with van der Waals surface area (Å²) < 4.78 is 60.6. The fraction of sp³-hybridized carbons (Fsp3) is 0.772. The van der Waals surface area contributed by atoms with Crippen LogP contribution in [0.25, 0.3) is 0 Å². The summed E-state index contributed by atoms with van der Waals surface area (Å²) in [6.07, 6.45) is -22.4. The minimum absolute atomic E-state index is 0.0635. The lowest BCUT2D eigenvalue weighted by molar-refractivity contribution is -0.366. The highest BCUT2D eigenvalue weighted by molar-refractivity contribution is 5.94. The van der Waals surface area contributed by atoms with Crippen molar-refractivity contribution in [3.63, 3.8) is 0 Å². The molecule has 500 valence electrons. The summed E-state index contributed by atoms with van der Waals surface area (Å²) in [4.78, 5) is 64.3. The van der Waals surface area contributed by atoms with E-state index in [0.29, 0.717) is 18.8 Å². The first kappa shape index (κ1) is 72.4. The first-order valence-electron chi connectivity index (χ1n) is 29.8. The second-order valence-corrected chi connectivity index (χ2v) is 22.6. The van der Waals surface area contributed by atoms with E-state index in [1.807, 2.05) is 0 Å². The number of aliphatic hydroxyl groups is 11. The van der Waals surface area contributed by atoms with Gasteiger partial charge in [0.25, 0.3) is 5.91 Å². The Morgan fingerprint density at radius 1 is 0.466 bits per heavy atom. The molecule has 0 spiro atoms. The molecule has 0 aromatic heterocycles. The molecule has 0 aliphatic carbocycles. The van der Waals surface area contributed by atoms with Crippen molar-refractivity contribution in [2.75, 3.05) is 39.6 Å². The molecule has 15 unspecified atom stereocenters. The van der Waals surface area contributed by atoms with E-state index in [1.165, 1.54) is 45.2 Å². The number of rotatable bonds is 29. The lowest BCUT2D eigenvalue weighted by Gasteiger charge is -2.51. The molecule has 31 heteroatoms. The minimum atomic E-state index is -2.01. The van der Waals surface area contributed by atoms with Crippen molar-refractivity contribution in [2.24, 2.45) is 0 Å². The standard InChI is InChI=1S/C57H91N5O26/c1-7-8-9-10-11-12-13-14-15-19-79-32-18-16-17-31(20-32)53(78)62-39-44(73)43(72)33(21-63)81-54(39)86-50-35(23-65)83-56(41(46(50)75)60-29(5)70)88-52-37(25-67)84-57(42(48(52)77)61-30(6)71)87-51-36(24-66)82-55(40(47(51)76)59-28(4)69)85-49-34(22-64)80-26(2)38(45(49)74)58-27(3)68/h12-13,16-18,20,26,33-52,54-57,63-67,72-77H,7-11,14-15,19,21-25H2,1-6H3,(H,58,68)(H,59,69)(H,60,70)(H,61,71)(H,62,78)/b13-12-/t26?,33?,34?,35?,36?,37?,38-,39+,40?,41?,42+,43-,44?,45-,46?,47?,48-,49?,50-,51-,52?,54+,55?,56?,57+/m1/s1. The molecule has 5 aliphatic rings. The van der Waals surface area contributed by atoms with Gasteiger partial charge in [0.1, 0.15) is 121 Å². The van der Waals surface area contributed by atoms with Gasteiger partial charge in [0.2, 0.25) is 23.6 Å². The van der Waals surface area contributed by atoms with Gasteiger partial charge < -0.3 is 130 Å². The number of carbonyl (C=O) groups excluding carboxylic acids is 5. The molecule has 5 fully saturated rings. The Morgan fingerprint density at radius 2 is 0.841 bits per heavy atom. The maximum atomic E-state index is 13.9. The number of hydrogen-bond donors (Lipinski definition) is 16. The Hall–Kier alpha value is -4.69. The summed E-state index contributed by atoms with van der Waals surface area (Å²) in [5.41, 5.74) is 0.0635. The van der Waals surface area contributed by atoms with Gasteiger partial charge in [-0.15, -0.1) is 0 Å². The second kappa shape index (κ2) is 34.7. The number of ether oxygens (including phenoxy) is 10. The Morgan fingerprint density at radius 3 is 1.25 bits per heavy atom. The normalized spacial score (nSPS) is 37.8. The Labute approximate surface area is 509 Å². The van der Waals surface area contributed by atoms with Crippen molar-refractivity contribution in [1.82, 2.24) is 26.6 Å². The van der Waals surface area contributed by atoms with Crippen LogP contribution in [0.5, 0.6) is 5.75 Å². The maximum Gasteiger partial charge on any atom is 0.251 e. The van der Waals surface area contributed by atoms with E-state index in [0.717, 1.165) is 40.0 Å². The van der Waals surface area contributed by atoms with Gasteiger partial charge in [0, 0.05) is 33.3 Å². The van der Waals surface area contributed by atoms with Crippen LogP contribution < -0.4 is 31.3 Å². The predicted molar refractivity (Wildman–Crippen MR) is 301 cm³/mol. The Balaban J connectivity index is 1.18. The second-order valence-electron chi connectivity index (χ2n) is 22.6. The van der Waals surface area contributed by atoms with Crippen LogP contribution in [-0.2, 0) is 61.8 Å². The van der Waals surface area contributed by atoms with Crippen LogP contribution in [0.15, 0.2) is 36.4 Å². The third-order valence-corrected chi connectivity index (χ3v) is 15.8. The van der Waals surface area contributed by atoms with Crippen LogP contribution in [0.3, 0.4) is 0 Å². The van der Waals surface area contributed by atoms with Crippen LogP contribution in [0.4, 0.5) is 0 Å². The maximum absolute atomic E-state index is 13.9. The average molecular weight is 1260 g/mol. The highest BCUT2D eigenvalue weighted by Gasteiger charge is 2.57. The number of benzene rings is 1. The molecule has 1 aromatic rings. The summed E-state index contributed by atoms with van der Waals surface area (Å²) in [6, 6.07) is -1.61. The van der Waals surface area contributed by atoms with Gasteiger partial charge in [-0.1, -0.05) is 44.4 Å². The molecule has 0 radical (unpaired) electrons. The van der Waals surface area contributed by atoms with Crippen LogP contribution in [0.1, 0.15) is 96.8 Å². The molecule has 0 bridgehead atoms. The summed E-state index contributed by atoms with van der Waals surface area (Å²) >= 11 is 0. The fourth-order valence-corrected chi connectivity index (χ4v) is 11.4. The van der Waals surface area contributed by atoms with Crippen molar-refractivity contribution in [2.45, 2.75) is 240 Å². The highest BCUT2D eigenvalue weighted by Crippen LogP contribution is 2.36. The fourth-order valence-electron chi connectivity index (χ4n) is 11.4. The SMILES string of the molecule is CCCCCC/C=C\CCCOc1cccc(C(=O)N[C@H]2C(O)[C@H](O)C(CO)O[C@H]2O[C@@H]2C(CO)OC(OC3C(CO)O[C@@H](O[C@@H]4C(CO)OC(OC5C(CO)OC(C)[C@@H](NC(C)=O)[C@H]5O)C(NC(C)=O)C4O)[C@@H](NC(C)=O)[C@H]3O)C(NC(C)=O)C2O)c1. The number of allylic oxidation sites excluding steroid dienone is 2. The third-order valence-electron chi connectivity index (χ3n) is 15.8. The number of aliphatic hydroxyl groups excluding tert-OH is 11. The topological polar surface area (TPSA) is 460 Å². The molecule has 16 N–H and O–H groups in total. The highest BCUT2D eigenvalue weighted by atomic mass is 16.8. The molecule has 5 amide bonds. The molecule has 6 rings (SSSR count). The lowest BCUT2D eigenvalue weighted by Crippen LogP contribution is -2.72. The zero-order valence-electron chi connectivity index (χ0n) is 50.1. The molecular weight excluding hydrogens is 1170 g/mol. The van der Waals surface area contributed by atoms with Crippen molar-refractivity contribution in [3.8, 4) is 5.75 Å². The van der Waals surface area contributed by atoms with Gasteiger partial charge in [-0.25, -0.2) is 0 Å². The molecule has 31 nitrogen and oxygen atoms in total. The van der Waals surface area contributed by atoms with Crippen LogP contribution in [0.2, 0.25) is 0 Å². The molecule has 1 aromatic carbocycles. The van der Waals surface area contributed by atoms with Gasteiger partial charge in [0.05, 0.1) is 51.8 Å². The number of unbranched alkanes of at least 4 members (excludes halogenated alkanes) is 5. The molecule has 88 heavy (non-hydrogen) atoms. The van der Waals surface area contributed by atoms with E-state index in [1.54, 1.807) is 12.1 Å². The van der Waals surface area contributed by atoms with Crippen LogP contribution in [-0.4, -0.2) is 278 Å². The number of nitrogens with one attached hydrogen (secondary N) is 5. The monoisotopic (exact) mass is 1260 g/mol. The summed E-state index contributed by atoms with van der Waals surface area (Å²) in [6.45, 7) is 3.96. The summed E-state index contributed by atoms with van der Waals surface area (Å²) in [5, 5.41) is 135. The van der Waals surface area contributed by atoms with Gasteiger partial charge in [-0.3, -0.25) is 24.0 Å². The van der Waals surface area contributed by atoms with Gasteiger partial charge in [-0.2, -0.15) is 0 Å². The van der Waals surface area contributed by atoms with Gasteiger partial charge in [0.15, 0.2) is 25.2 Å². The van der Waals surface area contributed by atoms with E-state index in [9.17, 15) is 80.1 Å². The quantitative estimate of drug-likeness (QED) is 0.0263. The van der Waals surface area contributed by atoms with E-state index in [4.69, 9.17) is 47.4 Å². The zero-order chi connectivity index (χ0) is 64.5. The number of amides is 5. The Kier molecular flexibility index (Phi) is 28.5. The van der Waals surface area contributed by atoms with Crippen LogP contribution >= 0.6 is 0 Å². The molecular formula is C57H91N5O26. The first-order chi connectivity index (χ1) is 42.0. The zero-order valence-corrected chi connectivity index (χ0v) is 50.1. The smallest absolute Gasteiger partial charge is 0.251 e. The summed E-state index contributed by atoms with van der Waals surface area (Å²) in [7, 11) is 0. The van der Waals surface area contributed by atoms with Crippen molar-refractivity contribution < 1.29 is 128 Å². The molecule has 0 saturated carbocycles. The molecule has 25 atom stereocenters. The average Bonchev–Trinajstić information content (AvgIpc) is 0.891. The van der Waals surface area contributed by atoms with E-state index in [2.05, 4.69) is 45.7 Å². The van der Waals surface area contributed by atoms with E-state index in [-0.39, 0.29) is 5.56 Å². The number of carbonyl (C=O) groups is 5. The molecule has 5 heterocycles. The van der Waals surface area contributed by atoms with E-state index >= 15 is 0 Å². The minimum Gasteiger partial charge on any atom is -0.494 e. The van der Waals surface area contributed by atoms with Gasteiger partial charge in [-0.05, 0) is 50.8 Å². The predicted octanol–water partition coefficient (Wildman–Crippen LogP) is -5.16. The molecule has 5 saturated heterocycles. The van der Waals surface area contributed by atoms with Crippen molar-refractivity contribution in [1.29, 1.82) is 0 Å². The lowest BCUT2D eigenvalue weighted by atomic mass is 9.92. The van der Waals surface area contributed by atoms with Crippen molar-refractivity contribution >= 4 is 29.5 Å². The third kappa shape index (κ3) is 18.7. The first-order valence-corrected chi connectivity index (χ1v) is 29.8. The molecule has 5 aliphatic heterocycles. The Bertz CT molecular complexity index is 2400. The number of hydrogen-bond acceptors (Lipinski definition) is 26. The van der Waals surface area contributed by atoms with Crippen LogP contribution in [0, 0.1) is 0 Å².